The number of nitrogens with one attached hydrogen (secondary N) is 1. The minimum absolute atomic E-state index is 0.558. The van der Waals surface area contributed by atoms with Crippen LogP contribution >= 0.6 is 12.2 Å². The van der Waals surface area contributed by atoms with Crippen LogP contribution in [0.5, 0.6) is 0 Å². The molecule has 0 spiro atoms. The van der Waals surface area contributed by atoms with Crippen molar-refractivity contribution in [1.29, 1.82) is 0 Å². The molecule has 0 unspecified atom stereocenters. The second-order valence-electron chi connectivity index (χ2n) is 3.39. The van der Waals surface area contributed by atoms with E-state index in [1.807, 2.05) is 6.07 Å². The van der Waals surface area contributed by atoms with Crippen molar-refractivity contribution in [3.8, 4) is 0 Å². The zero-order valence-electron chi connectivity index (χ0n) is 8.63. The first-order valence-electron chi connectivity index (χ1n) is 4.69. The Morgan fingerprint density at radius 1 is 1.43 bits per heavy atom. The maximum atomic E-state index is 5.42. The fraction of sp³-hybridized carbons (Fsp3) is 0.364. The molecule has 0 bridgehead atoms. The summed E-state index contributed by atoms with van der Waals surface area (Å²) in [6.45, 7) is 5.02. The fourth-order valence-corrected chi connectivity index (χ4v) is 1.37. The standard InChI is InChI=1S/C11H16N2S/c1-8-4-3-5-10(9(8)2)13-7-6-11(12)14/h3-5,13H,6-7H2,1-2H3,(H2,12,14). The first-order valence-corrected chi connectivity index (χ1v) is 5.10. The normalized spacial score (nSPS) is 9.86. The number of benzene rings is 1. The Morgan fingerprint density at radius 3 is 2.79 bits per heavy atom. The van der Waals surface area contributed by atoms with E-state index in [0.29, 0.717) is 4.99 Å². The second-order valence-corrected chi connectivity index (χ2v) is 3.91. The van der Waals surface area contributed by atoms with Gasteiger partial charge in [0, 0.05) is 18.7 Å². The van der Waals surface area contributed by atoms with Gasteiger partial charge in [-0.2, -0.15) is 0 Å². The van der Waals surface area contributed by atoms with E-state index in [4.69, 9.17) is 18.0 Å². The van der Waals surface area contributed by atoms with Crippen molar-refractivity contribution in [2.45, 2.75) is 20.3 Å². The Hall–Kier alpha value is -1.09. The molecule has 1 aromatic carbocycles. The number of anilines is 1. The fourth-order valence-electron chi connectivity index (χ4n) is 1.26. The molecule has 0 aromatic heterocycles. The lowest BCUT2D eigenvalue weighted by Gasteiger charge is -2.10. The van der Waals surface area contributed by atoms with Gasteiger partial charge in [0.1, 0.15) is 0 Å². The Labute approximate surface area is 90.5 Å². The van der Waals surface area contributed by atoms with Gasteiger partial charge >= 0.3 is 0 Å². The summed E-state index contributed by atoms with van der Waals surface area (Å²) in [6, 6.07) is 6.22. The van der Waals surface area contributed by atoms with E-state index >= 15 is 0 Å². The zero-order chi connectivity index (χ0) is 10.6. The van der Waals surface area contributed by atoms with E-state index in [0.717, 1.165) is 13.0 Å². The van der Waals surface area contributed by atoms with Gasteiger partial charge in [-0.15, -0.1) is 0 Å². The molecule has 0 fully saturated rings. The van der Waals surface area contributed by atoms with E-state index < -0.39 is 0 Å². The van der Waals surface area contributed by atoms with Crippen LogP contribution in [0.2, 0.25) is 0 Å². The van der Waals surface area contributed by atoms with Crippen molar-refractivity contribution in [2.24, 2.45) is 5.73 Å². The zero-order valence-corrected chi connectivity index (χ0v) is 9.45. The van der Waals surface area contributed by atoms with Crippen molar-refractivity contribution in [2.75, 3.05) is 11.9 Å². The minimum atomic E-state index is 0.558. The predicted molar refractivity (Wildman–Crippen MR) is 65.8 cm³/mol. The van der Waals surface area contributed by atoms with E-state index in [-0.39, 0.29) is 0 Å². The molecule has 2 nitrogen and oxygen atoms in total. The molecule has 3 N–H and O–H groups in total. The van der Waals surface area contributed by atoms with Gasteiger partial charge < -0.3 is 11.1 Å². The first-order chi connectivity index (χ1) is 6.61. The summed E-state index contributed by atoms with van der Waals surface area (Å²) in [5.41, 5.74) is 9.17. The number of hydrogen-bond acceptors (Lipinski definition) is 2. The van der Waals surface area contributed by atoms with Gasteiger partial charge in [0.2, 0.25) is 0 Å². The maximum Gasteiger partial charge on any atom is 0.0745 e. The number of nitrogens with two attached hydrogens (primary N) is 1. The van der Waals surface area contributed by atoms with Crippen LogP contribution in [0.1, 0.15) is 17.5 Å². The number of hydrogen-bond donors (Lipinski definition) is 2. The summed E-state index contributed by atoms with van der Waals surface area (Å²) in [5.74, 6) is 0. The average molecular weight is 208 g/mol. The van der Waals surface area contributed by atoms with E-state index in [9.17, 15) is 0 Å². The van der Waals surface area contributed by atoms with Crippen LogP contribution in [0.15, 0.2) is 18.2 Å². The molecule has 0 radical (unpaired) electrons. The SMILES string of the molecule is Cc1cccc(NCCC(N)=S)c1C. The van der Waals surface area contributed by atoms with Crippen LogP contribution in [-0.4, -0.2) is 11.5 Å². The molecular weight excluding hydrogens is 192 g/mol. The molecule has 14 heavy (non-hydrogen) atoms. The molecule has 0 heterocycles. The van der Waals surface area contributed by atoms with Crippen LogP contribution in [0, 0.1) is 13.8 Å². The number of thiocarbonyl (C=S) groups is 1. The largest absolute Gasteiger partial charge is 0.393 e. The summed E-state index contributed by atoms with van der Waals surface area (Å²) in [4.78, 5) is 0.558. The lowest BCUT2D eigenvalue weighted by molar-refractivity contribution is 1.10. The molecule has 1 rings (SSSR count). The minimum Gasteiger partial charge on any atom is -0.393 e. The topological polar surface area (TPSA) is 38.0 Å². The number of aryl methyl sites for hydroxylation is 1. The van der Waals surface area contributed by atoms with Crippen molar-refractivity contribution in [1.82, 2.24) is 0 Å². The van der Waals surface area contributed by atoms with Gasteiger partial charge in [-0.05, 0) is 31.0 Å². The highest BCUT2D eigenvalue weighted by Gasteiger charge is 1.99. The lowest BCUT2D eigenvalue weighted by Crippen LogP contribution is -2.14. The Kier molecular flexibility index (Phi) is 3.89. The molecule has 0 amide bonds. The summed E-state index contributed by atoms with van der Waals surface area (Å²) in [7, 11) is 0. The maximum absolute atomic E-state index is 5.42. The van der Waals surface area contributed by atoms with E-state index in [1.165, 1.54) is 16.8 Å². The molecule has 0 aliphatic rings. The molecule has 0 aliphatic carbocycles. The Morgan fingerprint density at radius 2 is 2.14 bits per heavy atom. The monoisotopic (exact) mass is 208 g/mol. The van der Waals surface area contributed by atoms with Crippen LogP contribution < -0.4 is 11.1 Å². The predicted octanol–water partition coefficient (Wildman–Crippen LogP) is 2.39. The van der Waals surface area contributed by atoms with Gasteiger partial charge in [-0.3, -0.25) is 0 Å². The quantitative estimate of drug-likeness (QED) is 0.746. The molecule has 0 saturated heterocycles. The van der Waals surface area contributed by atoms with Crippen molar-refractivity contribution >= 4 is 22.9 Å². The molecule has 0 aliphatic heterocycles. The third-order valence-electron chi connectivity index (χ3n) is 2.29. The Balaban J connectivity index is 2.59. The van der Waals surface area contributed by atoms with Crippen molar-refractivity contribution in [3.63, 3.8) is 0 Å². The van der Waals surface area contributed by atoms with Gasteiger partial charge in [0.25, 0.3) is 0 Å². The highest BCUT2D eigenvalue weighted by atomic mass is 32.1. The van der Waals surface area contributed by atoms with E-state index in [1.54, 1.807) is 0 Å². The van der Waals surface area contributed by atoms with Gasteiger partial charge in [0.15, 0.2) is 0 Å². The smallest absolute Gasteiger partial charge is 0.0745 e. The van der Waals surface area contributed by atoms with Gasteiger partial charge in [-0.1, -0.05) is 24.4 Å². The third kappa shape index (κ3) is 3.00. The average Bonchev–Trinajstić information content (AvgIpc) is 2.12. The first kappa shape index (κ1) is 11.0. The van der Waals surface area contributed by atoms with Gasteiger partial charge in [0.05, 0.1) is 4.99 Å². The molecule has 0 saturated carbocycles. The molecule has 1 aromatic rings. The second kappa shape index (κ2) is 4.96. The van der Waals surface area contributed by atoms with Crippen LogP contribution in [0.3, 0.4) is 0 Å². The molecule has 0 atom stereocenters. The molecule has 3 heteroatoms. The lowest BCUT2D eigenvalue weighted by atomic mass is 10.1. The molecular formula is C11H16N2S. The van der Waals surface area contributed by atoms with Crippen LogP contribution in [-0.2, 0) is 0 Å². The highest BCUT2D eigenvalue weighted by Crippen LogP contribution is 2.17. The number of rotatable bonds is 4. The highest BCUT2D eigenvalue weighted by molar-refractivity contribution is 7.80. The van der Waals surface area contributed by atoms with E-state index in [2.05, 4.69) is 31.3 Å². The summed E-state index contributed by atoms with van der Waals surface area (Å²) >= 11 is 4.81. The summed E-state index contributed by atoms with van der Waals surface area (Å²) in [5, 5.41) is 3.32. The van der Waals surface area contributed by atoms with Crippen molar-refractivity contribution < 1.29 is 0 Å². The summed E-state index contributed by atoms with van der Waals surface area (Å²) < 4.78 is 0. The summed E-state index contributed by atoms with van der Waals surface area (Å²) in [6.07, 6.45) is 0.739. The van der Waals surface area contributed by atoms with Crippen LogP contribution in [0.4, 0.5) is 5.69 Å². The molecule has 76 valence electrons. The Bertz CT molecular complexity index is 334. The van der Waals surface area contributed by atoms with Crippen molar-refractivity contribution in [3.05, 3.63) is 29.3 Å². The third-order valence-corrected chi connectivity index (χ3v) is 2.50. The van der Waals surface area contributed by atoms with Gasteiger partial charge in [-0.25, -0.2) is 0 Å². The van der Waals surface area contributed by atoms with Crippen LogP contribution in [0.25, 0.3) is 0 Å².